The van der Waals surface area contributed by atoms with Crippen LogP contribution in [0.4, 0.5) is 5.69 Å². The van der Waals surface area contributed by atoms with E-state index in [2.05, 4.69) is 41.5 Å². The maximum Gasteiger partial charge on any atom is 0.224 e. The summed E-state index contributed by atoms with van der Waals surface area (Å²) in [6.45, 7) is 3.86. The molecule has 3 aromatic carbocycles. The minimum Gasteiger partial charge on any atom is -0.381 e. The fraction of sp³-hybridized carbons (Fsp3) is 0.345. The molecule has 0 aromatic heterocycles. The molecule has 0 aliphatic carbocycles. The van der Waals surface area contributed by atoms with Gasteiger partial charge in [-0.25, -0.2) is 0 Å². The minimum absolute atomic E-state index is 0.0273. The molecule has 0 radical (unpaired) electrons. The highest BCUT2D eigenvalue weighted by Gasteiger charge is 2.15. The van der Waals surface area contributed by atoms with Crippen molar-refractivity contribution in [1.82, 2.24) is 4.90 Å². The number of nitrogens with zero attached hydrogens (tertiary/aromatic N) is 1. The van der Waals surface area contributed by atoms with Gasteiger partial charge in [0, 0.05) is 43.4 Å². The number of carbonyl (C=O) groups is 1. The van der Waals surface area contributed by atoms with Crippen LogP contribution in [0.2, 0.25) is 5.02 Å². The summed E-state index contributed by atoms with van der Waals surface area (Å²) in [6, 6.07) is 24.3. The van der Waals surface area contributed by atoms with Gasteiger partial charge >= 0.3 is 0 Å². The van der Waals surface area contributed by atoms with Gasteiger partial charge in [0.05, 0.1) is 0 Å². The molecule has 0 unspecified atom stereocenters. The van der Waals surface area contributed by atoms with E-state index in [9.17, 15) is 4.79 Å². The molecule has 1 aliphatic heterocycles. The lowest BCUT2D eigenvalue weighted by Gasteiger charge is -2.27. The Labute approximate surface area is 207 Å². The van der Waals surface area contributed by atoms with E-state index < -0.39 is 0 Å². The van der Waals surface area contributed by atoms with Crippen molar-refractivity contribution in [1.29, 1.82) is 0 Å². The van der Waals surface area contributed by atoms with Crippen LogP contribution in [0.25, 0.3) is 11.1 Å². The van der Waals surface area contributed by atoms with Crippen molar-refractivity contribution in [2.24, 2.45) is 5.92 Å². The second-order valence-electron chi connectivity index (χ2n) is 9.20. The number of hydrogen-bond donors (Lipinski definition) is 1. The molecule has 34 heavy (non-hydrogen) atoms. The van der Waals surface area contributed by atoms with Crippen LogP contribution in [0.5, 0.6) is 0 Å². The number of aryl methyl sites for hydroxylation is 1. The lowest BCUT2D eigenvalue weighted by molar-refractivity contribution is -0.116. The second kappa shape index (κ2) is 12.2. The normalized spacial score (nSPS) is 14.3. The van der Waals surface area contributed by atoms with Gasteiger partial charge in [-0.2, -0.15) is 0 Å². The summed E-state index contributed by atoms with van der Waals surface area (Å²) in [5.74, 6) is 0.768. The number of amides is 1. The zero-order valence-electron chi connectivity index (χ0n) is 19.8. The van der Waals surface area contributed by atoms with E-state index in [0.717, 1.165) is 73.3 Å². The summed E-state index contributed by atoms with van der Waals surface area (Å²) in [4.78, 5) is 14.8. The molecule has 3 aromatic rings. The molecule has 4 nitrogen and oxygen atoms in total. The first kappa shape index (κ1) is 24.5. The Balaban J connectivity index is 1.21. The molecule has 178 valence electrons. The third-order valence-electron chi connectivity index (χ3n) is 6.37. The molecule has 4 rings (SSSR count). The number of halogens is 1. The van der Waals surface area contributed by atoms with E-state index in [1.807, 2.05) is 48.5 Å². The fourth-order valence-electron chi connectivity index (χ4n) is 4.43. The van der Waals surface area contributed by atoms with E-state index in [0.29, 0.717) is 6.42 Å². The molecule has 1 fully saturated rings. The maximum atomic E-state index is 12.4. The summed E-state index contributed by atoms with van der Waals surface area (Å²) < 4.78 is 5.46. The first-order valence-electron chi connectivity index (χ1n) is 12.0. The Kier molecular flexibility index (Phi) is 8.75. The summed E-state index contributed by atoms with van der Waals surface area (Å²) in [5, 5.41) is 3.72. The van der Waals surface area contributed by atoms with Gasteiger partial charge in [-0.05, 0) is 78.7 Å². The van der Waals surface area contributed by atoms with E-state index >= 15 is 0 Å². The Morgan fingerprint density at radius 3 is 2.15 bits per heavy atom. The standard InChI is InChI=1S/C29H33ClN2O2/c1-32(21-24-16-18-34-19-17-24)20-23-4-2-22(3-5-23)6-15-29(33)31-28-13-9-26(10-14-28)25-7-11-27(30)12-8-25/h2-5,7-14,24H,6,15-21H2,1H3,(H,31,33). The van der Waals surface area contributed by atoms with Gasteiger partial charge < -0.3 is 15.0 Å². The molecule has 1 aliphatic rings. The lowest BCUT2D eigenvalue weighted by Crippen LogP contribution is -2.29. The highest BCUT2D eigenvalue weighted by Crippen LogP contribution is 2.23. The number of hydrogen-bond acceptors (Lipinski definition) is 3. The third-order valence-corrected chi connectivity index (χ3v) is 6.63. The van der Waals surface area contributed by atoms with Crippen LogP contribution in [0.1, 0.15) is 30.4 Å². The quantitative estimate of drug-likeness (QED) is 0.386. The van der Waals surface area contributed by atoms with Crippen molar-refractivity contribution in [3.8, 4) is 11.1 Å². The molecular formula is C29H33ClN2O2. The molecule has 1 heterocycles. The highest BCUT2D eigenvalue weighted by molar-refractivity contribution is 6.30. The van der Waals surface area contributed by atoms with Crippen LogP contribution in [-0.2, 0) is 22.5 Å². The van der Waals surface area contributed by atoms with Crippen molar-refractivity contribution in [3.05, 3.63) is 88.9 Å². The lowest BCUT2D eigenvalue weighted by atomic mass is 9.99. The van der Waals surface area contributed by atoms with E-state index in [1.54, 1.807) is 0 Å². The predicted octanol–water partition coefficient (Wildman–Crippen LogP) is 6.44. The van der Waals surface area contributed by atoms with Gasteiger partial charge in [0.25, 0.3) is 0 Å². The van der Waals surface area contributed by atoms with Crippen LogP contribution < -0.4 is 5.32 Å². The maximum absolute atomic E-state index is 12.4. The zero-order valence-corrected chi connectivity index (χ0v) is 20.6. The molecule has 0 atom stereocenters. The molecule has 0 saturated carbocycles. The summed E-state index contributed by atoms with van der Waals surface area (Å²) in [6.07, 6.45) is 3.52. The first-order chi connectivity index (χ1) is 16.5. The van der Waals surface area contributed by atoms with E-state index in [-0.39, 0.29) is 5.91 Å². The van der Waals surface area contributed by atoms with E-state index in [1.165, 1.54) is 11.1 Å². The molecule has 1 amide bonds. The predicted molar refractivity (Wildman–Crippen MR) is 140 cm³/mol. The van der Waals surface area contributed by atoms with Crippen molar-refractivity contribution in [2.75, 3.05) is 32.1 Å². The smallest absolute Gasteiger partial charge is 0.224 e. The monoisotopic (exact) mass is 476 g/mol. The average Bonchev–Trinajstić information content (AvgIpc) is 2.85. The summed E-state index contributed by atoms with van der Waals surface area (Å²) in [7, 11) is 2.19. The van der Waals surface area contributed by atoms with Crippen molar-refractivity contribution in [2.45, 2.75) is 32.2 Å². The van der Waals surface area contributed by atoms with E-state index in [4.69, 9.17) is 16.3 Å². The van der Waals surface area contributed by atoms with Crippen LogP contribution in [-0.4, -0.2) is 37.6 Å². The van der Waals surface area contributed by atoms with Crippen LogP contribution in [0.15, 0.2) is 72.8 Å². The van der Waals surface area contributed by atoms with Crippen molar-refractivity contribution >= 4 is 23.2 Å². The average molecular weight is 477 g/mol. The topological polar surface area (TPSA) is 41.6 Å². The summed E-state index contributed by atoms with van der Waals surface area (Å²) in [5.41, 5.74) is 5.49. The van der Waals surface area contributed by atoms with Crippen molar-refractivity contribution < 1.29 is 9.53 Å². The number of nitrogens with one attached hydrogen (secondary N) is 1. The molecule has 1 saturated heterocycles. The molecule has 0 bridgehead atoms. The van der Waals surface area contributed by atoms with Gasteiger partial charge in [0.15, 0.2) is 0 Å². The molecule has 0 spiro atoms. The summed E-state index contributed by atoms with van der Waals surface area (Å²) >= 11 is 5.96. The Morgan fingerprint density at radius 1 is 0.912 bits per heavy atom. The Bertz CT molecular complexity index is 1040. The second-order valence-corrected chi connectivity index (χ2v) is 9.64. The first-order valence-corrected chi connectivity index (χ1v) is 12.4. The molecule has 1 N–H and O–H groups in total. The number of ether oxygens (including phenoxy) is 1. The van der Waals surface area contributed by atoms with Gasteiger partial charge in [-0.3, -0.25) is 4.79 Å². The van der Waals surface area contributed by atoms with Crippen LogP contribution in [0.3, 0.4) is 0 Å². The van der Waals surface area contributed by atoms with Gasteiger partial charge in [-0.15, -0.1) is 0 Å². The van der Waals surface area contributed by atoms with Crippen LogP contribution in [0, 0.1) is 5.92 Å². The molecule has 5 heteroatoms. The number of carbonyl (C=O) groups excluding carboxylic acids is 1. The number of anilines is 1. The minimum atomic E-state index is 0.0273. The fourth-order valence-corrected chi connectivity index (χ4v) is 4.55. The zero-order chi connectivity index (χ0) is 23.8. The van der Waals surface area contributed by atoms with Gasteiger partial charge in [0.2, 0.25) is 5.91 Å². The SMILES string of the molecule is CN(Cc1ccc(CCC(=O)Nc2ccc(-c3ccc(Cl)cc3)cc2)cc1)CC1CCOCC1. The van der Waals surface area contributed by atoms with Gasteiger partial charge in [0.1, 0.15) is 0 Å². The largest absolute Gasteiger partial charge is 0.381 e. The third kappa shape index (κ3) is 7.42. The van der Waals surface area contributed by atoms with Crippen molar-refractivity contribution in [3.63, 3.8) is 0 Å². The van der Waals surface area contributed by atoms with Crippen LogP contribution >= 0.6 is 11.6 Å². The number of rotatable bonds is 9. The molecular weight excluding hydrogens is 444 g/mol. The Morgan fingerprint density at radius 2 is 1.50 bits per heavy atom. The van der Waals surface area contributed by atoms with Gasteiger partial charge in [-0.1, -0.05) is 60.1 Å². The highest BCUT2D eigenvalue weighted by atomic mass is 35.5. The Hall–Kier alpha value is -2.66. The number of benzene rings is 3.